The summed E-state index contributed by atoms with van der Waals surface area (Å²) in [6.07, 6.45) is -0.769. The number of alkyl carbamates (subject to hydrolysis) is 1. The second kappa shape index (κ2) is 23.0. The SMILES string of the molecule is COCCOCCOCCOCCOCCOCCNC(=O)[C@H](CCC(=O)OC(C)(C)C)NC(=O)OCC1c2ccccc2-c2ccccc21. The monoisotopic (exact) mass is 702 g/mol. The molecule has 2 N–H and O–H groups in total. The first-order valence-electron chi connectivity index (χ1n) is 17.2. The van der Waals surface area contributed by atoms with Gasteiger partial charge in [0.15, 0.2) is 0 Å². The molecule has 13 nitrogen and oxygen atoms in total. The summed E-state index contributed by atoms with van der Waals surface area (Å²) in [5, 5.41) is 5.41. The van der Waals surface area contributed by atoms with Gasteiger partial charge in [-0.05, 0) is 49.4 Å². The Bertz CT molecular complexity index is 1250. The maximum absolute atomic E-state index is 13.1. The van der Waals surface area contributed by atoms with Gasteiger partial charge in [-0.2, -0.15) is 0 Å². The summed E-state index contributed by atoms with van der Waals surface area (Å²) in [6, 6.07) is 15.1. The van der Waals surface area contributed by atoms with Crippen LogP contribution in [0.4, 0.5) is 4.79 Å². The molecule has 278 valence electrons. The van der Waals surface area contributed by atoms with Crippen molar-refractivity contribution in [2.75, 3.05) is 92.9 Å². The Kier molecular flexibility index (Phi) is 18.8. The number of methoxy groups -OCH3 is 1. The van der Waals surface area contributed by atoms with Gasteiger partial charge < -0.3 is 48.5 Å². The highest BCUT2D eigenvalue weighted by molar-refractivity contribution is 5.86. The topological polar surface area (TPSA) is 149 Å². The minimum atomic E-state index is -1.01. The molecule has 50 heavy (non-hydrogen) atoms. The van der Waals surface area contributed by atoms with Crippen LogP contribution in [0.1, 0.15) is 50.7 Å². The zero-order valence-electron chi connectivity index (χ0n) is 29.9. The summed E-state index contributed by atoms with van der Waals surface area (Å²) in [6.45, 7) is 10.5. The average Bonchev–Trinajstić information content (AvgIpc) is 3.41. The average molecular weight is 703 g/mol. The number of carbonyl (C=O) groups excluding carboxylic acids is 3. The number of rotatable bonds is 25. The first kappa shape index (κ1) is 40.8. The highest BCUT2D eigenvalue weighted by Gasteiger charge is 2.30. The van der Waals surface area contributed by atoms with Gasteiger partial charge in [0.1, 0.15) is 18.2 Å². The van der Waals surface area contributed by atoms with Crippen LogP contribution in [0.2, 0.25) is 0 Å². The number of amides is 2. The van der Waals surface area contributed by atoms with Crippen molar-refractivity contribution < 1.29 is 52.3 Å². The lowest BCUT2D eigenvalue weighted by molar-refractivity contribution is -0.155. The van der Waals surface area contributed by atoms with Crippen molar-refractivity contribution in [3.63, 3.8) is 0 Å². The van der Waals surface area contributed by atoms with Crippen molar-refractivity contribution in [1.82, 2.24) is 10.6 Å². The highest BCUT2D eigenvalue weighted by Crippen LogP contribution is 2.44. The van der Waals surface area contributed by atoms with Gasteiger partial charge in [-0.3, -0.25) is 9.59 Å². The van der Waals surface area contributed by atoms with Gasteiger partial charge in [0.25, 0.3) is 0 Å². The van der Waals surface area contributed by atoms with Gasteiger partial charge in [-0.15, -0.1) is 0 Å². The van der Waals surface area contributed by atoms with E-state index in [0.717, 1.165) is 22.3 Å². The predicted molar refractivity (Wildman–Crippen MR) is 186 cm³/mol. The minimum Gasteiger partial charge on any atom is -0.460 e. The molecule has 2 aromatic carbocycles. The van der Waals surface area contributed by atoms with Gasteiger partial charge in [0.05, 0.1) is 72.7 Å². The third kappa shape index (κ3) is 15.5. The molecule has 1 aliphatic carbocycles. The fourth-order valence-electron chi connectivity index (χ4n) is 5.20. The van der Waals surface area contributed by atoms with E-state index in [2.05, 4.69) is 22.8 Å². The van der Waals surface area contributed by atoms with Crippen LogP contribution in [0.5, 0.6) is 0 Å². The third-order valence-electron chi connectivity index (χ3n) is 7.47. The van der Waals surface area contributed by atoms with Crippen LogP contribution in [0.25, 0.3) is 11.1 Å². The zero-order valence-corrected chi connectivity index (χ0v) is 29.9. The van der Waals surface area contributed by atoms with Crippen LogP contribution in [-0.4, -0.2) is 123 Å². The van der Waals surface area contributed by atoms with E-state index >= 15 is 0 Å². The summed E-state index contributed by atoms with van der Waals surface area (Å²) in [5.41, 5.74) is 3.72. The summed E-state index contributed by atoms with van der Waals surface area (Å²) >= 11 is 0. The van der Waals surface area contributed by atoms with E-state index < -0.39 is 29.6 Å². The molecule has 0 saturated heterocycles. The van der Waals surface area contributed by atoms with E-state index in [1.165, 1.54) is 0 Å². The second-order valence-electron chi connectivity index (χ2n) is 12.5. The Labute approximate surface area is 295 Å². The van der Waals surface area contributed by atoms with Crippen LogP contribution in [0.15, 0.2) is 48.5 Å². The summed E-state index contributed by atoms with van der Waals surface area (Å²) in [4.78, 5) is 38.4. The third-order valence-corrected chi connectivity index (χ3v) is 7.47. The first-order valence-corrected chi connectivity index (χ1v) is 17.2. The number of hydrogen-bond donors (Lipinski definition) is 2. The highest BCUT2D eigenvalue weighted by atomic mass is 16.6. The van der Waals surface area contributed by atoms with Crippen LogP contribution in [0, 0.1) is 0 Å². The number of fused-ring (bicyclic) bond motifs is 3. The van der Waals surface area contributed by atoms with Crippen molar-refractivity contribution in [3.8, 4) is 11.1 Å². The minimum absolute atomic E-state index is 0.0388. The summed E-state index contributed by atoms with van der Waals surface area (Å²) in [7, 11) is 1.63. The van der Waals surface area contributed by atoms with E-state index in [1.54, 1.807) is 27.9 Å². The largest absolute Gasteiger partial charge is 0.460 e. The zero-order chi connectivity index (χ0) is 36.0. The lowest BCUT2D eigenvalue weighted by Gasteiger charge is -2.22. The summed E-state index contributed by atoms with van der Waals surface area (Å²) < 4.78 is 43.2. The molecule has 0 aliphatic heterocycles. The maximum Gasteiger partial charge on any atom is 0.407 e. The van der Waals surface area contributed by atoms with Gasteiger partial charge in [0, 0.05) is 26.0 Å². The predicted octanol–water partition coefficient (Wildman–Crippen LogP) is 3.86. The number of nitrogens with one attached hydrogen (secondary N) is 2. The van der Waals surface area contributed by atoms with Gasteiger partial charge >= 0.3 is 12.1 Å². The second-order valence-corrected chi connectivity index (χ2v) is 12.5. The van der Waals surface area contributed by atoms with Crippen molar-refractivity contribution in [1.29, 1.82) is 0 Å². The van der Waals surface area contributed by atoms with Crippen molar-refractivity contribution in [2.24, 2.45) is 0 Å². The fraction of sp³-hybridized carbons (Fsp3) is 0.595. The first-order chi connectivity index (χ1) is 24.2. The Morgan fingerprint density at radius 2 is 1.18 bits per heavy atom. The number of ether oxygens (including phenoxy) is 8. The molecule has 0 aromatic heterocycles. The van der Waals surface area contributed by atoms with Crippen LogP contribution < -0.4 is 10.6 Å². The molecule has 2 aromatic rings. The molecular weight excluding hydrogens is 648 g/mol. The molecule has 0 bridgehead atoms. The Balaban J connectivity index is 1.33. The molecule has 1 atom stereocenters. The number of esters is 1. The smallest absolute Gasteiger partial charge is 0.407 e. The van der Waals surface area contributed by atoms with Gasteiger partial charge in [-0.25, -0.2) is 4.79 Å². The summed E-state index contributed by atoms with van der Waals surface area (Å²) in [5.74, 6) is -1.05. The van der Waals surface area contributed by atoms with Gasteiger partial charge in [-0.1, -0.05) is 48.5 Å². The van der Waals surface area contributed by atoms with Crippen molar-refractivity contribution in [3.05, 3.63) is 59.7 Å². The molecule has 2 amide bonds. The van der Waals surface area contributed by atoms with E-state index in [4.69, 9.17) is 37.9 Å². The van der Waals surface area contributed by atoms with Crippen LogP contribution >= 0.6 is 0 Å². The van der Waals surface area contributed by atoms with E-state index in [0.29, 0.717) is 66.1 Å². The Morgan fingerprint density at radius 3 is 1.68 bits per heavy atom. The normalized spacial score (nSPS) is 13.0. The standard InChI is InChI=1S/C37H54N2O11/c1-37(2,3)50-34(40)14-13-33(39-36(42)49-27-32-30-11-7-5-9-28(30)29-10-6-8-12-31(29)32)35(41)38-15-16-44-19-20-46-23-24-48-26-25-47-22-21-45-18-17-43-4/h5-12,32-33H,13-27H2,1-4H3,(H,38,41)(H,39,42)/t33-/m0/s1. The Morgan fingerprint density at radius 1 is 0.700 bits per heavy atom. The molecule has 0 heterocycles. The lowest BCUT2D eigenvalue weighted by atomic mass is 9.98. The van der Waals surface area contributed by atoms with Crippen molar-refractivity contribution in [2.45, 2.75) is 51.2 Å². The number of hydrogen-bond acceptors (Lipinski definition) is 11. The molecule has 1 aliphatic rings. The number of carbonyl (C=O) groups is 3. The molecule has 3 rings (SSSR count). The van der Waals surface area contributed by atoms with E-state index in [-0.39, 0.29) is 38.5 Å². The molecule has 0 saturated carbocycles. The molecule has 0 radical (unpaired) electrons. The molecular formula is C37H54N2O11. The maximum atomic E-state index is 13.1. The van der Waals surface area contributed by atoms with E-state index in [1.807, 2.05) is 36.4 Å². The Hall–Kier alpha value is -3.59. The number of benzene rings is 2. The van der Waals surface area contributed by atoms with Gasteiger partial charge in [0.2, 0.25) is 5.91 Å². The lowest BCUT2D eigenvalue weighted by Crippen LogP contribution is -2.48. The van der Waals surface area contributed by atoms with E-state index in [9.17, 15) is 14.4 Å². The van der Waals surface area contributed by atoms with Crippen molar-refractivity contribution >= 4 is 18.0 Å². The molecule has 0 spiro atoms. The molecule has 0 fully saturated rings. The van der Waals surface area contributed by atoms with Crippen LogP contribution in [-0.2, 0) is 47.5 Å². The quantitative estimate of drug-likeness (QED) is 0.115. The molecule has 0 unspecified atom stereocenters. The van der Waals surface area contributed by atoms with Crippen LogP contribution in [0.3, 0.4) is 0 Å². The molecule has 13 heteroatoms. The fourth-order valence-corrected chi connectivity index (χ4v) is 5.20.